The highest BCUT2D eigenvalue weighted by Gasteiger charge is 2.29. The lowest BCUT2D eigenvalue weighted by Gasteiger charge is -2.36. The Labute approximate surface area is 176 Å². The molecule has 2 fully saturated rings. The lowest BCUT2D eigenvalue weighted by molar-refractivity contribution is -0.126. The normalized spacial score (nSPS) is 19.2. The SMILES string of the molecule is CC[C@@H](NC(=O)C1CCN(c2cncnc2N2CCOCC2)CC1)c1cccs1. The molecule has 2 aromatic rings. The average molecular weight is 416 g/mol. The summed E-state index contributed by atoms with van der Waals surface area (Å²) >= 11 is 1.71. The van der Waals surface area contributed by atoms with Gasteiger partial charge in [-0.2, -0.15) is 0 Å². The second-order valence-electron chi connectivity index (χ2n) is 7.58. The lowest BCUT2D eigenvalue weighted by Crippen LogP contribution is -2.43. The summed E-state index contributed by atoms with van der Waals surface area (Å²) in [6.45, 7) is 6.98. The van der Waals surface area contributed by atoms with Crippen molar-refractivity contribution in [1.82, 2.24) is 15.3 Å². The predicted octanol–water partition coefficient (Wildman–Crippen LogP) is 2.86. The quantitative estimate of drug-likeness (QED) is 0.782. The maximum atomic E-state index is 12.8. The van der Waals surface area contributed by atoms with Crippen molar-refractivity contribution in [2.75, 3.05) is 49.2 Å². The summed E-state index contributed by atoms with van der Waals surface area (Å²) in [4.78, 5) is 27.5. The molecule has 2 aliphatic heterocycles. The Bertz CT molecular complexity index is 786. The second-order valence-corrected chi connectivity index (χ2v) is 8.56. The van der Waals surface area contributed by atoms with Crippen molar-refractivity contribution in [2.24, 2.45) is 5.92 Å². The van der Waals surface area contributed by atoms with Crippen LogP contribution in [0.5, 0.6) is 0 Å². The van der Waals surface area contributed by atoms with E-state index in [4.69, 9.17) is 4.74 Å². The van der Waals surface area contributed by atoms with Gasteiger partial charge in [-0.1, -0.05) is 13.0 Å². The molecular formula is C21H29N5O2S. The smallest absolute Gasteiger partial charge is 0.223 e. The standard InChI is InChI=1S/C21H29N5O2S/c1-2-17(19-4-3-13-29-19)24-21(27)16-5-7-25(8-6-16)18-14-22-15-23-20(18)26-9-11-28-12-10-26/h3-4,13-17H,2,5-12H2,1H3,(H,24,27)/t17-/m1/s1. The topological polar surface area (TPSA) is 70.6 Å². The molecule has 2 aliphatic rings. The lowest BCUT2D eigenvalue weighted by atomic mass is 9.95. The van der Waals surface area contributed by atoms with Crippen LogP contribution in [0.3, 0.4) is 0 Å². The number of nitrogens with zero attached hydrogens (tertiary/aromatic N) is 4. The van der Waals surface area contributed by atoms with Crippen molar-refractivity contribution in [2.45, 2.75) is 32.2 Å². The van der Waals surface area contributed by atoms with Crippen molar-refractivity contribution in [1.29, 1.82) is 0 Å². The number of anilines is 2. The van der Waals surface area contributed by atoms with Crippen LogP contribution in [0.15, 0.2) is 30.0 Å². The molecule has 7 nitrogen and oxygen atoms in total. The number of carbonyl (C=O) groups is 1. The van der Waals surface area contributed by atoms with Gasteiger partial charge in [-0.3, -0.25) is 4.79 Å². The van der Waals surface area contributed by atoms with Crippen LogP contribution < -0.4 is 15.1 Å². The van der Waals surface area contributed by atoms with Crippen molar-refractivity contribution < 1.29 is 9.53 Å². The van der Waals surface area contributed by atoms with Crippen LogP contribution in [-0.4, -0.2) is 55.3 Å². The predicted molar refractivity (Wildman–Crippen MR) is 115 cm³/mol. The third-order valence-corrected chi connectivity index (χ3v) is 6.79. The fraction of sp³-hybridized carbons (Fsp3) is 0.571. The highest BCUT2D eigenvalue weighted by Crippen LogP contribution is 2.31. The number of rotatable bonds is 6. The molecule has 156 valence electrons. The molecule has 1 atom stereocenters. The van der Waals surface area contributed by atoms with E-state index in [2.05, 4.69) is 43.5 Å². The Morgan fingerprint density at radius 2 is 2.07 bits per heavy atom. The van der Waals surface area contributed by atoms with E-state index in [9.17, 15) is 4.79 Å². The van der Waals surface area contributed by atoms with E-state index < -0.39 is 0 Å². The van der Waals surface area contributed by atoms with Crippen molar-refractivity contribution >= 4 is 28.7 Å². The molecule has 0 spiro atoms. The summed E-state index contributed by atoms with van der Waals surface area (Å²) in [6, 6.07) is 4.27. The fourth-order valence-corrected chi connectivity index (χ4v) is 4.96. The molecule has 0 aliphatic carbocycles. The Hall–Kier alpha value is -2.19. The van der Waals surface area contributed by atoms with E-state index in [0.717, 1.165) is 70.2 Å². The minimum atomic E-state index is 0.0664. The van der Waals surface area contributed by atoms with E-state index in [0.29, 0.717) is 0 Å². The monoisotopic (exact) mass is 415 g/mol. The molecule has 0 aromatic carbocycles. The van der Waals surface area contributed by atoms with Crippen LogP contribution in [0.4, 0.5) is 11.5 Å². The molecule has 0 bridgehead atoms. The zero-order valence-corrected chi connectivity index (χ0v) is 17.7. The van der Waals surface area contributed by atoms with Gasteiger partial charge in [-0.05, 0) is 30.7 Å². The maximum Gasteiger partial charge on any atom is 0.223 e. The Morgan fingerprint density at radius 3 is 2.76 bits per heavy atom. The molecule has 1 amide bonds. The van der Waals surface area contributed by atoms with E-state index in [1.165, 1.54) is 4.88 Å². The molecule has 8 heteroatoms. The van der Waals surface area contributed by atoms with Crippen LogP contribution in [0.2, 0.25) is 0 Å². The zero-order chi connectivity index (χ0) is 20.1. The molecule has 1 N–H and O–H groups in total. The minimum Gasteiger partial charge on any atom is -0.378 e. The van der Waals surface area contributed by atoms with Crippen LogP contribution in [0.1, 0.15) is 37.1 Å². The number of hydrogen-bond donors (Lipinski definition) is 1. The molecular weight excluding hydrogens is 386 g/mol. The van der Waals surface area contributed by atoms with E-state index >= 15 is 0 Å². The van der Waals surface area contributed by atoms with Gasteiger partial charge in [-0.25, -0.2) is 9.97 Å². The fourth-order valence-electron chi connectivity index (χ4n) is 4.09. The number of morpholine rings is 1. The maximum absolute atomic E-state index is 12.8. The summed E-state index contributed by atoms with van der Waals surface area (Å²) in [5.41, 5.74) is 1.07. The summed E-state index contributed by atoms with van der Waals surface area (Å²) in [5, 5.41) is 5.33. The molecule has 2 aromatic heterocycles. The van der Waals surface area contributed by atoms with Gasteiger partial charge in [0.25, 0.3) is 0 Å². The molecule has 4 heterocycles. The van der Waals surface area contributed by atoms with Crippen molar-refractivity contribution in [3.8, 4) is 0 Å². The summed E-state index contributed by atoms with van der Waals surface area (Å²) in [5.74, 6) is 1.23. The number of carbonyl (C=O) groups excluding carboxylic acids is 1. The molecule has 0 radical (unpaired) electrons. The summed E-state index contributed by atoms with van der Waals surface area (Å²) in [7, 11) is 0. The number of piperidine rings is 1. The highest BCUT2D eigenvalue weighted by atomic mass is 32.1. The first kappa shape index (κ1) is 20.1. The summed E-state index contributed by atoms with van der Waals surface area (Å²) in [6.07, 6.45) is 6.13. The highest BCUT2D eigenvalue weighted by molar-refractivity contribution is 7.10. The second kappa shape index (κ2) is 9.54. The third-order valence-electron chi connectivity index (χ3n) is 5.80. The number of amides is 1. The Morgan fingerprint density at radius 1 is 1.28 bits per heavy atom. The van der Waals surface area contributed by atoms with Gasteiger partial charge < -0.3 is 19.9 Å². The van der Waals surface area contributed by atoms with Gasteiger partial charge in [0.15, 0.2) is 5.82 Å². The molecule has 29 heavy (non-hydrogen) atoms. The van der Waals surface area contributed by atoms with Gasteiger partial charge in [-0.15, -0.1) is 11.3 Å². The first-order valence-corrected chi connectivity index (χ1v) is 11.4. The summed E-state index contributed by atoms with van der Waals surface area (Å²) < 4.78 is 5.47. The minimum absolute atomic E-state index is 0.0664. The van der Waals surface area contributed by atoms with Gasteiger partial charge in [0.2, 0.25) is 5.91 Å². The van der Waals surface area contributed by atoms with E-state index in [1.807, 2.05) is 12.3 Å². The van der Waals surface area contributed by atoms with Gasteiger partial charge in [0.05, 0.1) is 31.1 Å². The Balaban J connectivity index is 1.36. The first-order valence-electron chi connectivity index (χ1n) is 10.5. The molecule has 2 saturated heterocycles. The first-order chi connectivity index (χ1) is 14.3. The van der Waals surface area contributed by atoms with Crippen molar-refractivity contribution in [3.63, 3.8) is 0 Å². The third kappa shape index (κ3) is 4.70. The van der Waals surface area contributed by atoms with Crippen LogP contribution in [0.25, 0.3) is 0 Å². The van der Waals surface area contributed by atoms with Crippen molar-refractivity contribution in [3.05, 3.63) is 34.9 Å². The van der Waals surface area contributed by atoms with Crippen LogP contribution >= 0.6 is 11.3 Å². The van der Waals surface area contributed by atoms with Crippen LogP contribution in [0, 0.1) is 5.92 Å². The Kier molecular flexibility index (Phi) is 6.61. The van der Waals surface area contributed by atoms with Gasteiger partial charge in [0, 0.05) is 37.0 Å². The number of thiophene rings is 1. The number of aromatic nitrogens is 2. The number of hydrogen-bond acceptors (Lipinski definition) is 7. The molecule has 0 unspecified atom stereocenters. The molecule has 4 rings (SSSR count). The zero-order valence-electron chi connectivity index (χ0n) is 16.9. The van der Waals surface area contributed by atoms with Gasteiger partial charge >= 0.3 is 0 Å². The van der Waals surface area contributed by atoms with E-state index in [1.54, 1.807) is 17.7 Å². The number of nitrogens with one attached hydrogen (secondary N) is 1. The largest absolute Gasteiger partial charge is 0.378 e. The molecule has 0 saturated carbocycles. The van der Waals surface area contributed by atoms with Gasteiger partial charge in [0.1, 0.15) is 6.33 Å². The van der Waals surface area contributed by atoms with E-state index in [-0.39, 0.29) is 17.9 Å². The number of ether oxygens (including phenoxy) is 1. The average Bonchev–Trinajstić information content (AvgIpc) is 3.33. The van der Waals surface area contributed by atoms with Crippen LogP contribution in [-0.2, 0) is 9.53 Å².